The van der Waals surface area contributed by atoms with Crippen LogP contribution in [0.4, 0.5) is 0 Å². The van der Waals surface area contributed by atoms with Crippen LogP contribution in [-0.2, 0) is 0 Å². The van der Waals surface area contributed by atoms with E-state index in [9.17, 15) is 5.11 Å². The van der Waals surface area contributed by atoms with Crippen molar-refractivity contribution in [2.75, 3.05) is 0 Å². The van der Waals surface area contributed by atoms with E-state index >= 15 is 0 Å². The topological polar surface area (TPSA) is 20.2 Å². The van der Waals surface area contributed by atoms with Gasteiger partial charge in [-0.05, 0) is 12.3 Å². The highest BCUT2D eigenvalue weighted by atomic mass is 16.3. The van der Waals surface area contributed by atoms with Gasteiger partial charge in [0.2, 0.25) is 0 Å². The normalized spacial score (nSPS) is 16.8. The number of aliphatic hydroxyl groups excluding tert-OH is 1. The lowest BCUT2D eigenvalue weighted by Gasteiger charge is -2.12. The molecule has 2 atom stereocenters. The summed E-state index contributed by atoms with van der Waals surface area (Å²) in [7, 11) is 0. The summed E-state index contributed by atoms with van der Waals surface area (Å²) in [5.41, 5.74) is 0. The highest BCUT2D eigenvalue weighted by Crippen LogP contribution is 2.08. The van der Waals surface area contributed by atoms with Crippen molar-refractivity contribution in [2.24, 2.45) is 5.92 Å². The summed E-state index contributed by atoms with van der Waals surface area (Å²) in [4.78, 5) is 0. The molecule has 0 aliphatic rings. The lowest BCUT2D eigenvalue weighted by molar-refractivity contribution is 0.127. The second-order valence-electron chi connectivity index (χ2n) is 2.45. The van der Waals surface area contributed by atoms with E-state index in [1.807, 2.05) is 6.92 Å². The van der Waals surface area contributed by atoms with Crippen LogP contribution in [0.15, 0.2) is 12.7 Å². The van der Waals surface area contributed by atoms with Crippen LogP contribution in [0, 0.1) is 5.92 Å². The molecule has 0 rings (SSSR count). The van der Waals surface area contributed by atoms with E-state index < -0.39 is 0 Å². The fourth-order valence-electron chi connectivity index (χ4n) is 0.716. The molecule has 1 heteroatoms. The lowest BCUT2D eigenvalue weighted by Crippen LogP contribution is -2.14. The smallest absolute Gasteiger partial charge is 0.0599 e. The van der Waals surface area contributed by atoms with Crippen LogP contribution in [0.5, 0.6) is 0 Å². The zero-order valence-electron chi connectivity index (χ0n) is 6.30. The number of hydrogen-bond acceptors (Lipinski definition) is 1. The van der Waals surface area contributed by atoms with Crippen LogP contribution in [0.25, 0.3) is 0 Å². The largest absolute Gasteiger partial charge is 0.393 e. The van der Waals surface area contributed by atoms with Gasteiger partial charge in [-0.3, -0.25) is 0 Å². The van der Waals surface area contributed by atoms with E-state index in [-0.39, 0.29) is 12.0 Å². The van der Waals surface area contributed by atoms with Crippen molar-refractivity contribution in [1.29, 1.82) is 0 Å². The molecule has 0 aromatic rings. The van der Waals surface area contributed by atoms with Crippen LogP contribution < -0.4 is 0 Å². The SMILES string of the molecule is C=CC(C)C(O)CCC. The average molecular weight is 128 g/mol. The third kappa shape index (κ3) is 3.31. The Morgan fingerprint density at radius 1 is 1.67 bits per heavy atom. The molecule has 0 heterocycles. The first-order valence-corrected chi connectivity index (χ1v) is 3.53. The summed E-state index contributed by atoms with van der Waals surface area (Å²) in [5.74, 6) is 0.241. The first kappa shape index (κ1) is 8.70. The van der Waals surface area contributed by atoms with E-state index in [1.54, 1.807) is 6.08 Å². The zero-order valence-corrected chi connectivity index (χ0v) is 6.30. The van der Waals surface area contributed by atoms with Gasteiger partial charge < -0.3 is 5.11 Å². The molecule has 0 fully saturated rings. The monoisotopic (exact) mass is 128 g/mol. The molecule has 0 aliphatic carbocycles. The zero-order chi connectivity index (χ0) is 7.28. The molecule has 0 aromatic carbocycles. The van der Waals surface area contributed by atoms with Crippen molar-refractivity contribution in [2.45, 2.75) is 32.8 Å². The second-order valence-corrected chi connectivity index (χ2v) is 2.45. The maximum Gasteiger partial charge on any atom is 0.0599 e. The molecule has 0 saturated heterocycles. The van der Waals surface area contributed by atoms with E-state index in [1.165, 1.54) is 0 Å². The molecule has 1 nitrogen and oxygen atoms in total. The van der Waals surface area contributed by atoms with Crippen molar-refractivity contribution < 1.29 is 5.11 Å². The highest BCUT2D eigenvalue weighted by Gasteiger charge is 2.07. The molecule has 2 unspecified atom stereocenters. The van der Waals surface area contributed by atoms with Gasteiger partial charge in [-0.15, -0.1) is 6.58 Å². The van der Waals surface area contributed by atoms with E-state index in [4.69, 9.17) is 0 Å². The standard InChI is InChI=1S/C8H16O/c1-4-6-8(9)7(3)5-2/h5,7-9H,2,4,6H2,1,3H3. The minimum absolute atomic E-state index is 0.188. The molecule has 0 aliphatic heterocycles. The summed E-state index contributed by atoms with van der Waals surface area (Å²) < 4.78 is 0. The van der Waals surface area contributed by atoms with Crippen LogP contribution in [0.1, 0.15) is 26.7 Å². The summed E-state index contributed by atoms with van der Waals surface area (Å²) in [6, 6.07) is 0. The third-order valence-electron chi connectivity index (χ3n) is 1.56. The average Bonchev–Trinajstić information content (AvgIpc) is 1.87. The molecule has 0 saturated carbocycles. The highest BCUT2D eigenvalue weighted by molar-refractivity contribution is 4.80. The number of rotatable bonds is 4. The Balaban J connectivity index is 3.44. The van der Waals surface area contributed by atoms with Gasteiger partial charge in [0.15, 0.2) is 0 Å². The van der Waals surface area contributed by atoms with Gasteiger partial charge in [0, 0.05) is 0 Å². The Kier molecular flexibility index (Phi) is 4.41. The van der Waals surface area contributed by atoms with Gasteiger partial charge in [-0.2, -0.15) is 0 Å². The molecule has 0 aromatic heterocycles. The molecular weight excluding hydrogens is 112 g/mol. The minimum atomic E-state index is -0.188. The lowest BCUT2D eigenvalue weighted by atomic mass is 10.0. The number of hydrogen-bond donors (Lipinski definition) is 1. The molecular formula is C8H16O. The molecule has 1 N–H and O–H groups in total. The molecule has 0 amide bonds. The summed E-state index contributed by atoms with van der Waals surface area (Å²) in [6.45, 7) is 7.65. The Morgan fingerprint density at radius 3 is 2.56 bits per heavy atom. The Morgan fingerprint density at radius 2 is 2.22 bits per heavy atom. The summed E-state index contributed by atoms with van der Waals surface area (Å²) >= 11 is 0. The van der Waals surface area contributed by atoms with Gasteiger partial charge >= 0.3 is 0 Å². The summed E-state index contributed by atoms with van der Waals surface area (Å²) in [5, 5.41) is 9.25. The molecule has 0 spiro atoms. The van der Waals surface area contributed by atoms with Gasteiger partial charge in [0.1, 0.15) is 0 Å². The fourth-order valence-corrected chi connectivity index (χ4v) is 0.716. The van der Waals surface area contributed by atoms with Gasteiger partial charge in [-0.1, -0.05) is 26.3 Å². The summed E-state index contributed by atoms with van der Waals surface area (Å²) in [6.07, 6.45) is 3.53. The maximum absolute atomic E-state index is 9.25. The van der Waals surface area contributed by atoms with Crippen molar-refractivity contribution in [3.63, 3.8) is 0 Å². The minimum Gasteiger partial charge on any atom is -0.393 e. The number of aliphatic hydroxyl groups is 1. The Labute approximate surface area is 57.4 Å². The Bertz CT molecular complexity index is 78.6. The first-order chi connectivity index (χ1) is 4.22. The fraction of sp³-hybridized carbons (Fsp3) is 0.750. The van der Waals surface area contributed by atoms with Crippen molar-refractivity contribution in [3.8, 4) is 0 Å². The van der Waals surface area contributed by atoms with Crippen molar-refractivity contribution in [3.05, 3.63) is 12.7 Å². The Hall–Kier alpha value is -0.300. The third-order valence-corrected chi connectivity index (χ3v) is 1.56. The quantitative estimate of drug-likeness (QED) is 0.574. The van der Waals surface area contributed by atoms with Gasteiger partial charge in [-0.25, -0.2) is 0 Å². The maximum atomic E-state index is 9.25. The molecule has 9 heavy (non-hydrogen) atoms. The van der Waals surface area contributed by atoms with Crippen molar-refractivity contribution >= 4 is 0 Å². The van der Waals surface area contributed by atoms with E-state index in [0.29, 0.717) is 0 Å². The van der Waals surface area contributed by atoms with Crippen LogP contribution in [0.2, 0.25) is 0 Å². The predicted molar refractivity (Wildman–Crippen MR) is 40.3 cm³/mol. The van der Waals surface area contributed by atoms with E-state index in [0.717, 1.165) is 12.8 Å². The first-order valence-electron chi connectivity index (χ1n) is 3.53. The van der Waals surface area contributed by atoms with Crippen molar-refractivity contribution in [1.82, 2.24) is 0 Å². The van der Waals surface area contributed by atoms with Gasteiger partial charge in [0.05, 0.1) is 6.10 Å². The molecule has 54 valence electrons. The predicted octanol–water partition coefficient (Wildman–Crippen LogP) is 1.97. The van der Waals surface area contributed by atoms with Crippen LogP contribution in [-0.4, -0.2) is 11.2 Å². The van der Waals surface area contributed by atoms with E-state index in [2.05, 4.69) is 13.5 Å². The van der Waals surface area contributed by atoms with Gasteiger partial charge in [0.25, 0.3) is 0 Å². The van der Waals surface area contributed by atoms with Crippen LogP contribution >= 0.6 is 0 Å². The second kappa shape index (κ2) is 4.57. The molecule has 0 radical (unpaired) electrons. The van der Waals surface area contributed by atoms with Crippen LogP contribution in [0.3, 0.4) is 0 Å². The molecule has 0 bridgehead atoms.